The maximum Gasteiger partial charge on any atom is 0.225 e. The zero-order valence-corrected chi connectivity index (χ0v) is 11.6. The van der Waals surface area contributed by atoms with Crippen LogP contribution in [0.1, 0.15) is 44.2 Å². The lowest BCUT2D eigenvalue weighted by Gasteiger charge is -2.20. The summed E-state index contributed by atoms with van der Waals surface area (Å²) in [5.74, 6) is 6.33. The fourth-order valence-corrected chi connectivity index (χ4v) is 2.55. The Morgan fingerprint density at radius 3 is 2.90 bits per heavy atom. The first-order valence-electron chi connectivity index (χ1n) is 7.14. The summed E-state index contributed by atoms with van der Waals surface area (Å²) >= 11 is 0. The van der Waals surface area contributed by atoms with E-state index in [1.165, 1.54) is 19.3 Å². The Kier molecular flexibility index (Phi) is 5.57. The highest BCUT2D eigenvalue weighted by Gasteiger charge is 2.17. The summed E-state index contributed by atoms with van der Waals surface area (Å²) in [6.07, 6.45) is 6.66. The minimum atomic E-state index is -0.194. The van der Waals surface area contributed by atoms with Gasteiger partial charge in [-0.25, -0.2) is 4.98 Å². The van der Waals surface area contributed by atoms with Crippen LogP contribution in [0.4, 0.5) is 5.82 Å². The van der Waals surface area contributed by atoms with Crippen molar-refractivity contribution < 1.29 is 9.90 Å². The fraction of sp³-hybridized carbons (Fsp3) is 0.500. The Morgan fingerprint density at radius 2 is 2.15 bits per heavy atom. The number of hydrogen-bond donors (Lipinski definition) is 2. The molecule has 4 heteroatoms. The third kappa shape index (κ3) is 4.67. The monoisotopic (exact) mass is 272 g/mol. The quantitative estimate of drug-likeness (QED) is 0.830. The lowest BCUT2D eigenvalue weighted by Crippen LogP contribution is -2.18. The Labute approximate surface area is 119 Å². The number of pyridine rings is 1. The van der Waals surface area contributed by atoms with Crippen molar-refractivity contribution in [3.63, 3.8) is 0 Å². The second-order valence-corrected chi connectivity index (χ2v) is 5.12. The van der Waals surface area contributed by atoms with Crippen molar-refractivity contribution in [1.82, 2.24) is 4.98 Å². The van der Waals surface area contributed by atoms with Crippen molar-refractivity contribution >= 4 is 11.7 Å². The van der Waals surface area contributed by atoms with Crippen LogP contribution in [0.5, 0.6) is 0 Å². The van der Waals surface area contributed by atoms with Crippen LogP contribution in [0.25, 0.3) is 0 Å². The Bertz CT molecular complexity index is 511. The maximum absolute atomic E-state index is 12.0. The van der Waals surface area contributed by atoms with Gasteiger partial charge in [-0.1, -0.05) is 31.2 Å². The van der Waals surface area contributed by atoms with Crippen LogP contribution in [0.3, 0.4) is 0 Å². The third-order valence-electron chi connectivity index (χ3n) is 3.51. The number of aliphatic hydroxyl groups excluding tert-OH is 1. The van der Waals surface area contributed by atoms with Crippen molar-refractivity contribution in [1.29, 1.82) is 0 Å². The van der Waals surface area contributed by atoms with Gasteiger partial charge >= 0.3 is 0 Å². The molecular weight excluding hydrogens is 252 g/mol. The first kappa shape index (κ1) is 14.5. The van der Waals surface area contributed by atoms with Gasteiger partial charge in [0.25, 0.3) is 0 Å². The van der Waals surface area contributed by atoms with Crippen LogP contribution < -0.4 is 5.32 Å². The molecule has 0 unspecified atom stereocenters. The number of rotatable bonds is 3. The van der Waals surface area contributed by atoms with Crippen LogP contribution in [0, 0.1) is 17.8 Å². The molecule has 106 valence electrons. The fourth-order valence-electron chi connectivity index (χ4n) is 2.55. The molecule has 1 aliphatic rings. The standard InChI is InChI=1S/C16H20N2O2/c19-11-5-9-14-8-4-10-15(17-14)18-16(20)12-13-6-2-1-3-7-13/h4,8,10,13,19H,1-3,6-7,11-12H2,(H,17,18,20). The molecule has 0 bridgehead atoms. The maximum atomic E-state index is 12.0. The third-order valence-corrected chi connectivity index (χ3v) is 3.51. The van der Waals surface area contributed by atoms with E-state index in [1.807, 2.05) is 0 Å². The van der Waals surface area contributed by atoms with Crippen LogP contribution in [0.2, 0.25) is 0 Å². The smallest absolute Gasteiger partial charge is 0.225 e. The van der Waals surface area contributed by atoms with E-state index >= 15 is 0 Å². The summed E-state index contributed by atoms with van der Waals surface area (Å²) in [5, 5.41) is 11.5. The van der Waals surface area contributed by atoms with Gasteiger partial charge in [-0.3, -0.25) is 4.79 Å². The second kappa shape index (κ2) is 7.66. The number of carbonyl (C=O) groups is 1. The van der Waals surface area contributed by atoms with Gasteiger partial charge in [0, 0.05) is 6.42 Å². The molecule has 1 aromatic heterocycles. The molecule has 0 aliphatic heterocycles. The molecule has 0 atom stereocenters. The van der Waals surface area contributed by atoms with Crippen molar-refractivity contribution in [3.8, 4) is 11.8 Å². The van der Waals surface area contributed by atoms with E-state index in [9.17, 15) is 4.79 Å². The first-order valence-corrected chi connectivity index (χ1v) is 7.14. The SMILES string of the molecule is O=C(CC1CCCCC1)Nc1cccc(C#CCO)n1. The van der Waals surface area contributed by atoms with Gasteiger partial charge in [0.15, 0.2) is 0 Å². The molecule has 0 radical (unpaired) electrons. The molecule has 0 aromatic carbocycles. The average molecular weight is 272 g/mol. The van der Waals surface area contributed by atoms with Crippen LogP contribution in [-0.2, 0) is 4.79 Å². The number of carbonyl (C=O) groups excluding carboxylic acids is 1. The van der Waals surface area contributed by atoms with Gasteiger partial charge < -0.3 is 10.4 Å². The lowest BCUT2D eigenvalue weighted by atomic mass is 9.87. The summed E-state index contributed by atoms with van der Waals surface area (Å²) < 4.78 is 0. The second-order valence-electron chi connectivity index (χ2n) is 5.12. The summed E-state index contributed by atoms with van der Waals surface area (Å²) in [7, 11) is 0. The van der Waals surface area contributed by atoms with E-state index in [2.05, 4.69) is 22.1 Å². The Hall–Kier alpha value is -1.86. The first-order chi connectivity index (χ1) is 9.78. The highest BCUT2D eigenvalue weighted by atomic mass is 16.2. The number of amides is 1. The van der Waals surface area contributed by atoms with Crippen molar-refractivity contribution in [2.45, 2.75) is 38.5 Å². The van der Waals surface area contributed by atoms with Gasteiger partial charge in [0.1, 0.15) is 18.1 Å². The van der Waals surface area contributed by atoms with Gasteiger partial charge in [0.05, 0.1) is 0 Å². The molecule has 0 saturated heterocycles. The molecule has 1 saturated carbocycles. The minimum absolute atomic E-state index is 0.0247. The minimum Gasteiger partial charge on any atom is -0.384 e. The Morgan fingerprint density at radius 1 is 1.35 bits per heavy atom. The molecular formula is C16H20N2O2. The van der Waals surface area contributed by atoms with Gasteiger partial charge in [-0.2, -0.15) is 0 Å². The molecule has 1 fully saturated rings. The molecule has 1 amide bonds. The topological polar surface area (TPSA) is 62.2 Å². The number of hydrogen-bond acceptors (Lipinski definition) is 3. The zero-order chi connectivity index (χ0) is 14.2. The molecule has 4 nitrogen and oxygen atoms in total. The van der Waals surface area contributed by atoms with E-state index in [0.29, 0.717) is 23.9 Å². The largest absolute Gasteiger partial charge is 0.384 e. The summed E-state index contributed by atoms with van der Waals surface area (Å²) in [6, 6.07) is 5.30. The van der Waals surface area contributed by atoms with Gasteiger partial charge in [-0.05, 0) is 36.8 Å². The normalized spacial score (nSPS) is 15.2. The van der Waals surface area contributed by atoms with Gasteiger partial charge in [-0.15, -0.1) is 0 Å². The molecule has 1 aromatic rings. The van der Waals surface area contributed by atoms with Crippen LogP contribution in [0.15, 0.2) is 18.2 Å². The molecule has 20 heavy (non-hydrogen) atoms. The summed E-state index contributed by atoms with van der Waals surface area (Å²) in [5.41, 5.74) is 0.550. The predicted octanol–water partition coefficient (Wildman–Crippen LogP) is 2.33. The molecule has 0 spiro atoms. The lowest BCUT2D eigenvalue weighted by molar-refractivity contribution is -0.117. The summed E-state index contributed by atoms with van der Waals surface area (Å²) in [4.78, 5) is 16.2. The van der Waals surface area contributed by atoms with Crippen molar-refractivity contribution in [2.75, 3.05) is 11.9 Å². The molecule has 1 heterocycles. The van der Waals surface area contributed by atoms with Crippen molar-refractivity contribution in [2.24, 2.45) is 5.92 Å². The van der Waals surface area contributed by atoms with Crippen LogP contribution >= 0.6 is 0 Å². The highest BCUT2D eigenvalue weighted by molar-refractivity contribution is 5.89. The number of anilines is 1. The van der Waals surface area contributed by atoms with Gasteiger partial charge in [0.2, 0.25) is 5.91 Å². The van der Waals surface area contributed by atoms with E-state index in [-0.39, 0.29) is 12.5 Å². The average Bonchev–Trinajstić information content (AvgIpc) is 2.46. The van der Waals surface area contributed by atoms with Crippen molar-refractivity contribution in [3.05, 3.63) is 23.9 Å². The predicted molar refractivity (Wildman–Crippen MR) is 78.0 cm³/mol. The summed E-state index contributed by atoms with van der Waals surface area (Å²) in [6.45, 7) is -0.194. The number of nitrogens with one attached hydrogen (secondary N) is 1. The van der Waals surface area contributed by atoms with E-state index in [0.717, 1.165) is 12.8 Å². The molecule has 1 aliphatic carbocycles. The zero-order valence-electron chi connectivity index (χ0n) is 11.6. The molecule has 2 N–H and O–H groups in total. The molecule has 2 rings (SSSR count). The number of aliphatic hydroxyl groups is 1. The number of aromatic nitrogens is 1. The van der Waals surface area contributed by atoms with E-state index in [4.69, 9.17) is 5.11 Å². The Balaban J connectivity index is 1.90. The van der Waals surface area contributed by atoms with E-state index < -0.39 is 0 Å². The highest BCUT2D eigenvalue weighted by Crippen LogP contribution is 2.26. The number of nitrogens with zero attached hydrogens (tertiary/aromatic N) is 1. The van der Waals surface area contributed by atoms with E-state index in [1.54, 1.807) is 18.2 Å². The van der Waals surface area contributed by atoms with Crippen LogP contribution in [-0.4, -0.2) is 22.6 Å².